The minimum atomic E-state index is -5.07. The minimum Gasteiger partial charge on any atom is -0.744 e. The molecule has 8 aromatic rings. The molecule has 0 bridgehead atoms. The Bertz CT molecular complexity index is 3910. The number of aromatic nitrogens is 5. The van der Waals surface area contributed by atoms with Crippen molar-refractivity contribution in [2.45, 2.75) is 115 Å². The largest absolute Gasteiger partial charge is 1.00 e. The van der Waals surface area contributed by atoms with Gasteiger partial charge in [-0.15, -0.1) is 10.2 Å². The van der Waals surface area contributed by atoms with Crippen LogP contribution in [-0.4, -0.2) is 50.7 Å². The molecular formula is C49H48Li4N10O12S6. The second-order valence-electron chi connectivity index (χ2n) is 18.4. The molecule has 0 fully saturated rings. The molecule has 81 heavy (non-hydrogen) atoms. The molecule has 0 aliphatic carbocycles. The summed E-state index contributed by atoms with van der Waals surface area (Å²) in [7, 11) is -9.95. The molecule has 406 valence electrons. The molecule has 0 spiro atoms. The third-order valence-electron chi connectivity index (χ3n) is 11.5. The van der Waals surface area contributed by atoms with E-state index in [1.54, 1.807) is 51.1 Å². The molecule has 4 aromatic heterocycles. The average Bonchev–Trinajstić information content (AvgIpc) is 4.07. The van der Waals surface area contributed by atoms with Crippen molar-refractivity contribution >= 4 is 127 Å². The fourth-order valence-corrected chi connectivity index (χ4v) is 12.9. The van der Waals surface area contributed by atoms with Gasteiger partial charge in [0.15, 0.2) is 16.8 Å². The number of pyridine rings is 1. The van der Waals surface area contributed by atoms with E-state index in [1.807, 2.05) is 40.7 Å². The number of nitrogens with zero attached hydrogens (tertiary/aromatic N) is 9. The van der Waals surface area contributed by atoms with Gasteiger partial charge in [0.2, 0.25) is 5.13 Å². The SMILES string of the molecule is CCC.Cc1cc(N(c2nc3ccc(S(=O)(=O)[O-])cc3s2)c2c(C)cc(C)c(S(=O)(=O)[O-])c2C)nc(Nc2c(C)cc(C)c(SOO[O-])c2C)c1N=Nc1c(C#N)c(C(C)(C)C)nn1-c1nc2ccc(SOO[O-])cc2s1.[Li+].[Li+].[Li+].[Li+]. The van der Waals surface area contributed by atoms with E-state index in [9.17, 15) is 41.7 Å². The summed E-state index contributed by atoms with van der Waals surface area (Å²) in [6, 6.07) is 16.1. The zero-order valence-corrected chi connectivity index (χ0v) is 52.2. The first-order valence-electron chi connectivity index (χ1n) is 23.0. The van der Waals surface area contributed by atoms with Gasteiger partial charge in [0.05, 0.1) is 65.7 Å². The third-order valence-corrected chi connectivity index (χ3v) is 16.9. The maximum absolute atomic E-state index is 12.9. The van der Waals surface area contributed by atoms with E-state index in [2.05, 4.69) is 39.6 Å². The molecule has 0 aliphatic heterocycles. The zero-order chi connectivity index (χ0) is 56.5. The summed E-state index contributed by atoms with van der Waals surface area (Å²) >= 11 is 3.60. The van der Waals surface area contributed by atoms with Crippen molar-refractivity contribution in [2.24, 2.45) is 10.2 Å². The Morgan fingerprint density at radius 1 is 0.741 bits per heavy atom. The predicted octanol–water partition coefficient (Wildman–Crippen LogP) is -0.855. The van der Waals surface area contributed by atoms with Crippen LogP contribution in [0.1, 0.15) is 91.2 Å². The van der Waals surface area contributed by atoms with Crippen molar-refractivity contribution in [1.82, 2.24) is 24.7 Å². The van der Waals surface area contributed by atoms with Gasteiger partial charge in [0.1, 0.15) is 43.4 Å². The van der Waals surface area contributed by atoms with E-state index in [1.165, 1.54) is 53.3 Å². The standard InChI is InChI=1S/C46H44N10O12S6.C3H8.4Li/c1-21-15-24(4)39(72-68-66-58)26(6)36(21)51-42-37(52-53-43-30(20-47)41(46(8,9)10)54-56(43)45-49-31-13-11-28(71-67-65-57)18-33(31)70-45)22(2)17-35(50-42)55(38-23(3)16-25(5)40(27(38)7)74(62,63)64)44-48-32-14-12-29(73(59,60)61)19-34(32)69-44;1-3-2;;;;/h11-19,57-58H,1-10H3,(H,50,51)(H,59,60,61)(H,62,63,64);3H2,1-2H3;;;;/q;;4*+1/p-4. The van der Waals surface area contributed by atoms with Gasteiger partial charge in [0, 0.05) is 20.9 Å². The number of anilines is 5. The second kappa shape index (κ2) is 29.5. The molecular weight excluding hydrogens is 1140 g/mol. The van der Waals surface area contributed by atoms with Crippen molar-refractivity contribution in [3.63, 3.8) is 0 Å². The van der Waals surface area contributed by atoms with Gasteiger partial charge in [0.25, 0.3) is 0 Å². The number of fused-ring (bicyclic) bond motifs is 2. The van der Waals surface area contributed by atoms with Gasteiger partial charge in [-0.3, -0.25) is 15.0 Å². The topological polar surface area (TPSA) is 318 Å². The van der Waals surface area contributed by atoms with E-state index in [-0.39, 0.29) is 136 Å². The van der Waals surface area contributed by atoms with Crippen LogP contribution < -0.4 is 96.2 Å². The van der Waals surface area contributed by atoms with Gasteiger partial charge in [-0.25, -0.2) is 31.8 Å². The van der Waals surface area contributed by atoms with Crippen molar-refractivity contribution in [3.8, 4) is 11.2 Å². The Labute approximate surface area is 533 Å². The summed E-state index contributed by atoms with van der Waals surface area (Å²) in [5.74, 6) is 0.171. The van der Waals surface area contributed by atoms with Gasteiger partial charge in [-0.05, 0) is 130 Å². The maximum atomic E-state index is 12.9. The number of azo groups is 1. The Hall–Kier alpha value is -3.62. The molecule has 0 amide bonds. The first kappa shape index (κ1) is 71.6. The number of rotatable bonds is 16. The van der Waals surface area contributed by atoms with Crippen molar-refractivity contribution in [2.75, 3.05) is 10.2 Å². The Morgan fingerprint density at radius 3 is 1.95 bits per heavy atom. The molecule has 0 saturated carbocycles. The number of hydrogen-bond donors (Lipinski definition) is 1. The van der Waals surface area contributed by atoms with Gasteiger partial charge >= 0.3 is 75.4 Å². The number of nitrogens with one attached hydrogen (secondary N) is 1. The molecule has 8 rings (SSSR count). The minimum absolute atomic E-state index is 0. The summed E-state index contributed by atoms with van der Waals surface area (Å²) in [6.07, 6.45) is 1.25. The summed E-state index contributed by atoms with van der Waals surface area (Å²) < 4.78 is 86.8. The van der Waals surface area contributed by atoms with Crippen LogP contribution >= 0.6 is 46.8 Å². The van der Waals surface area contributed by atoms with Crippen LogP contribution in [0.15, 0.2) is 84.4 Å². The van der Waals surface area contributed by atoms with Gasteiger partial charge in [-0.2, -0.15) is 23.7 Å². The van der Waals surface area contributed by atoms with Crippen LogP contribution in [0.3, 0.4) is 0 Å². The molecule has 4 aromatic carbocycles. The van der Waals surface area contributed by atoms with Crippen molar-refractivity contribution in [1.29, 1.82) is 5.26 Å². The number of thiazole rings is 2. The summed E-state index contributed by atoms with van der Waals surface area (Å²) in [5.41, 5.74) is 4.73. The Kier molecular flexibility index (Phi) is 26.1. The van der Waals surface area contributed by atoms with E-state index in [4.69, 9.17) is 34.6 Å². The normalized spacial score (nSPS) is 11.5. The summed E-state index contributed by atoms with van der Waals surface area (Å²) in [6.45, 7) is 21.7. The molecule has 4 heterocycles. The maximum Gasteiger partial charge on any atom is 1.00 e. The fraction of sp³-hybridized carbons (Fsp3) is 0.286. The predicted molar refractivity (Wildman–Crippen MR) is 287 cm³/mol. The van der Waals surface area contributed by atoms with Gasteiger partial charge < -0.3 is 24.9 Å². The molecule has 0 atom stereocenters. The van der Waals surface area contributed by atoms with Crippen LogP contribution in [-0.2, 0) is 44.4 Å². The smallest absolute Gasteiger partial charge is 0.744 e. The number of hydrogen-bond acceptors (Lipinski definition) is 25. The number of nitriles is 1. The van der Waals surface area contributed by atoms with E-state index in [0.29, 0.717) is 82.9 Å². The fourth-order valence-electron chi connectivity index (χ4n) is 8.42. The second-order valence-corrected chi connectivity index (χ2v) is 24.6. The summed E-state index contributed by atoms with van der Waals surface area (Å²) in [5, 5.41) is 57.7. The van der Waals surface area contributed by atoms with Crippen molar-refractivity contribution in [3.05, 3.63) is 105 Å². The first-order valence-corrected chi connectivity index (χ1v) is 28.9. The van der Waals surface area contributed by atoms with E-state index >= 15 is 0 Å². The van der Waals surface area contributed by atoms with Crippen LogP contribution in [0.25, 0.3) is 25.6 Å². The Morgan fingerprint density at radius 2 is 1.35 bits per heavy atom. The molecule has 32 heteroatoms. The van der Waals surface area contributed by atoms with E-state index < -0.39 is 35.4 Å². The Balaban J connectivity index is 0.00000241. The molecule has 0 radical (unpaired) electrons. The molecule has 0 saturated heterocycles. The molecule has 0 aliphatic rings. The first-order chi connectivity index (χ1) is 36.2. The molecule has 0 unspecified atom stereocenters. The molecule has 22 nitrogen and oxygen atoms in total. The average molecular weight is 1190 g/mol. The number of benzene rings is 4. The van der Waals surface area contributed by atoms with Crippen LogP contribution in [0, 0.1) is 59.8 Å². The van der Waals surface area contributed by atoms with Crippen LogP contribution in [0.4, 0.5) is 39.6 Å². The van der Waals surface area contributed by atoms with Gasteiger partial charge in [-0.1, -0.05) is 75.8 Å². The molecule has 1 N–H and O–H groups in total. The van der Waals surface area contributed by atoms with Crippen molar-refractivity contribution < 1.29 is 131 Å². The van der Waals surface area contributed by atoms with Crippen LogP contribution in [0.5, 0.6) is 0 Å². The monoisotopic (exact) mass is 1190 g/mol. The van der Waals surface area contributed by atoms with E-state index in [0.717, 1.165) is 23.0 Å². The third kappa shape index (κ3) is 15.8. The zero-order valence-electron chi connectivity index (χ0n) is 47.3. The number of aryl methyl sites for hydroxylation is 5. The quantitative estimate of drug-likeness (QED) is 0.0307. The van der Waals surface area contributed by atoms with Crippen LogP contribution in [0.2, 0.25) is 0 Å². The summed E-state index contributed by atoms with van der Waals surface area (Å²) in [4.78, 5) is 16.4.